The second kappa shape index (κ2) is 11.2. The lowest BCUT2D eigenvalue weighted by Gasteiger charge is -1.95. The van der Waals surface area contributed by atoms with Crippen molar-refractivity contribution in [3.05, 3.63) is 17.9 Å². The molecule has 0 unspecified atom stereocenters. The minimum absolute atomic E-state index is 1.02. The Hall–Kier alpha value is -0.920. The highest BCUT2D eigenvalue weighted by molar-refractivity contribution is 5.27. The van der Waals surface area contributed by atoms with Crippen LogP contribution in [0, 0.1) is 11.8 Å². The van der Waals surface area contributed by atoms with E-state index in [1.54, 1.807) is 0 Å². The topological polar surface area (TPSA) is 0 Å². The zero-order chi connectivity index (χ0) is 11.4. The molecule has 0 saturated carbocycles. The molecular weight excluding hydrogens is 180 g/mol. The largest absolute Gasteiger partial charge is 0.116 e. The van der Waals surface area contributed by atoms with Crippen LogP contribution >= 0.6 is 0 Å². The van der Waals surface area contributed by atoms with Crippen LogP contribution in [0.5, 0.6) is 0 Å². The lowest BCUT2D eigenvalue weighted by atomic mass is 10.1. The molecule has 0 aliphatic rings. The second-order valence-corrected chi connectivity index (χ2v) is 3.87. The Balaban J connectivity index is 3.73. The second-order valence-electron chi connectivity index (χ2n) is 3.87. The van der Waals surface area contributed by atoms with Crippen LogP contribution in [0.2, 0.25) is 0 Å². The molecular formula is C15H24. The summed E-state index contributed by atoms with van der Waals surface area (Å²) in [7, 11) is 0. The average molecular weight is 204 g/mol. The summed E-state index contributed by atoms with van der Waals surface area (Å²) in [5.74, 6) is 6.39. The molecule has 84 valence electrons. The quantitative estimate of drug-likeness (QED) is 0.315. The van der Waals surface area contributed by atoms with E-state index in [0.717, 1.165) is 18.4 Å². The van der Waals surface area contributed by atoms with Gasteiger partial charge in [-0.25, -0.2) is 0 Å². The molecule has 0 amide bonds. The predicted molar refractivity (Wildman–Crippen MR) is 68.7 cm³/mol. The molecule has 0 aromatic rings. The van der Waals surface area contributed by atoms with Crippen molar-refractivity contribution in [2.75, 3.05) is 0 Å². The summed E-state index contributed by atoms with van der Waals surface area (Å²) in [6.07, 6.45) is 9.61. The fraction of sp³-hybridized carbons (Fsp3) is 0.667. The molecule has 0 spiro atoms. The van der Waals surface area contributed by atoms with Crippen LogP contribution in [0.15, 0.2) is 17.9 Å². The van der Waals surface area contributed by atoms with E-state index >= 15 is 0 Å². The highest BCUT2D eigenvalue weighted by Crippen LogP contribution is 2.06. The molecule has 0 N–H and O–H groups in total. The van der Waals surface area contributed by atoms with Crippen molar-refractivity contribution < 1.29 is 0 Å². The van der Waals surface area contributed by atoms with E-state index in [1.165, 1.54) is 38.5 Å². The molecule has 0 bridgehead atoms. The smallest absolute Gasteiger partial charge is 0.0431 e. The van der Waals surface area contributed by atoms with Gasteiger partial charge in [0.1, 0.15) is 0 Å². The van der Waals surface area contributed by atoms with Crippen LogP contribution in [0.25, 0.3) is 0 Å². The van der Waals surface area contributed by atoms with E-state index in [1.807, 2.05) is 0 Å². The summed E-state index contributed by atoms with van der Waals surface area (Å²) < 4.78 is 0. The number of allylic oxidation sites excluding steroid dienone is 1. The van der Waals surface area contributed by atoms with Crippen LogP contribution < -0.4 is 0 Å². The number of hydrogen-bond acceptors (Lipinski definition) is 0. The minimum atomic E-state index is 1.02. The number of unbranched alkanes of at least 4 members (excludes halogenated alkanes) is 5. The fourth-order valence-corrected chi connectivity index (χ4v) is 1.38. The third-order valence-corrected chi connectivity index (χ3v) is 2.39. The predicted octanol–water partition coefficient (Wildman–Crippen LogP) is 4.86. The van der Waals surface area contributed by atoms with E-state index < -0.39 is 0 Å². The van der Waals surface area contributed by atoms with Crippen LogP contribution in [0.3, 0.4) is 0 Å². The first kappa shape index (κ1) is 14.1. The minimum Gasteiger partial charge on any atom is -0.116 e. The summed E-state index contributed by atoms with van der Waals surface area (Å²) in [6.45, 7) is 8.12. The van der Waals surface area contributed by atoms with Crippen molar-refractivity contribution in [3.8, 4) is 11.8 Å². The molecule has 0 nitrogen and oxygen atoms in total. The lowest BCUT2D eigenvalue weighted by Crippen LogP contribution is -1.80. The maximum atomic E-state index is 3.69. The van der Waals surface area contributed by atoms with E-state index in [4.69, 9.17) is 0 Å². The summed E-state index contributed by atoms with van der Waals surface area (Å²) in [5.41, 5.74) is 4.04. The number of hydrogen-bond donors (Lipinski definition) is 0. The molecule has 0 rings (SSSR count). The van der Waals surface area contributed by atoms with Crippen LogP contribution in [0.1, 0.15) is 65.2 Å². The van der Waals surface area contributed by atoms with E-state index in [-0.39, 0.29) is 0 Å². The van der Waals surface area contributed by atoms with Gasteiger partial charge in [0.05, 0.1) is 0 Å². The Bertz CT molecular complexity index is 243. The van der Waals surface area contributed by atoms with Crippen molar-refractivity contribution in [3.63, 3.8) is 0 Å². The molecule has 0 saturated heterocycles. The molecule has 0 aromatic heterocycles. The molecule has 0 radical (unpaired) electrons. The first-order chi connectivity index (χ1) is 7.35. The van der Waals surface area contributed by atoms with Gasteiger partial charge < -0.3 is 0 Å². The molecule has 0 heterocycles. The zero-order valence-corrected chi connectivity index (χ0v) is 10.4. The van der Waals surface area contributed by atoms with Gasteiger partial charge in [-0.15, -0.1) is 5.73 Å². The van der Waals surface area contributed by atoms with Crippen LogP contribution in [-0.2, 0) is 0 Å². The fourth-order valence-electron chi connectivity index (χ4n) is 1.38. The highest BCUT2D eigenvalue weighted by Gasteiger charge is 1.91. The van der Waals surface area contributed by atoms with Crippen molar-refractivity contribution >= 4 is 0 Å². The Morgan fingerprint density at radius 2 is 1.67 bits per heavy atom. The van der Waals surface area contributed by atoms with Gasteiger partial charge in [0.2, 0.25) is 0 Å². The SMILES string of the molecule is C=C=C(C#CCCCCC)CCCCC. The number of rotatable bonds is 7. The summed E-state index contributed by atoms with van der Waals surface area (Å²) in [6, 6.07) is 0. The molecule has 0 atom stereocenters. The Kier molecular flexibility index (Phi) is 10.5. The normalized spacial score (nSPS) is 8.93. The van der Waals surface area contributed by atoms with Gasteiger partial charge in [-0.2, -0.15) is 0 Å². The van der Waals surface area contributed by atoms with Gasteiger partial charge in [-0.3, -0.25) is 0 Å². The van der Waals surface area contributed by atoms with E-state index in [2.05, 4.69) is 38.0 Å². The van der Waals surface area contributed by atoms with Gasteiger partial charge in [-0.1, -0.05) is 58.0 Å². The maximum Gasteiger partial charge on any atom is 0.0431 e. The van der Waals surface area contributed by atoms with Gasteiger partial charge >= 0.3 is 0 Å². The summed E-state index contributed by atoms with van der Waals surface area (Å²) >= 11 is 0. The van der Waals surface area contributed by atoms with Crippen molar-refractivity contribution in [2.24, 2.45) is 0 Å². The molecule has 0 aliphatic carbocycles. The van der Waals surface area contributed by atoms with Crippen LogP contribution in [-0.4, -0.2) is 0 Å². The van der Waals surface area contributed by atoms with E-state index in [0.29, 0.717) is 0 Å². The van der Waals surface area contributed by atoms with Crippen molar-refractivity contribution in [2.45, 2.75) is 65.2 Å². The standard InChI is InChI=1S/C15H24/c1-4-7-9-10-12-14-15(6-3)13-11-8-5-2/h3-5,7-11,13H2,1-2H3. The summed E-state index contributed by atoms with van der Waals surface area (Å²) in [4.78, 5) is 0. The molecule has 0 heteroatoms. The molecule has 15 heavy (non-hydrogen) atoms. The first-order valence-corrected chi connectivity index (χ1v) is 6.22. The maximum absolute atomic E-state index is 3.69. The Morgan fingerprint density at radius 3 is 2.27 bits per heavy atom. The molecule has 0 aromatic carbocycles. The van der Waals surface area contributed by atoms with Gasteiger partial charge in [0.25, 0.3) is 0 Å². The third-order valence-electron chi connectivity index (χ3n) is 2.39. The van der Waals surface area contributed by atoms with E-state index in [9.17, 15) is 0 Å². The van der Waals surface area contributed by atoms with Crippen molar-refractivity contribution in [1.29, 1.82) is 0 Å². The first-order valence-electron chi connectivity index (χ1n) is 6.22. The zero-order valence-electron chi connectivity index (χ0n) is 10.4. The molecule has 0 aliphatic heterocycles. The van der Waals surface area contributed by atoms with Crippen LogP contribution in [0.4, 0.5) is 0 Å². The van der Waals surface area contributed by atoms with Gasteiger partial charge in [-0.05, 0) is 19.3 Å². The van der Waals surface area contributed by atoms with Gasteiger partial charge in [0, 0.05) is 12.0 Å². The Morgan fingerprint density at radius 1 is 1.00 bits per heavy atom. The van der Waals surface area contributed by atoms with Crippen molar-refractivity contribution in [1.82, 2.24) is 0 Å². The molecule has 0 fully saturated rings. The highest BCUT2D eigenvalue weighted by atomic mass is 13.9. The summed E-state index contributed by atoms with van der Waals surface area (Å²) in [5, 5.41) is 0. The lowest BCUT2D eigenvalue weighted by molar-refractivity contribution is 0.721. The average Bonchev–Trinajstić information content (AvgIpc) is 2.26. The Labute approximate surface area is 95.5 Å². The van der Waals surface area contributed by atoms with Gasteiger partial charge in [0.15, 0.2) is 0 Å². The third kappa shape index (κ3) is 9.39. The monoisotopic (exact) mass is 204 g/mol.